The second-order valence-corrected chi connectivity index (χ2v) is 4.87. The highest BCUT2D eigenvalue weighted by Crippen LogP contribution is 2.08. The summed E-state index contributed by atoms with van der Waals surface area (Å²) < 4.78 is 5.06. The van der Waals surface area contributed by atoms with E-state index >= 15 is 0 Å². The number of ether oxygens (including phenoxy) is 1. The van der Waals surface area contributed by atoms with E-state index in [1.165, 1.54) is 0 Å². The van der Waals surface area contributed by atoms with Crippen LogP contribution in [0.5, 0.6) is 0 Å². The molecule has 0 aromatic carbocycles. The Bertz CT molecular complexity index is 261. The molecule has 0 fully saturated rings. The molecular formula is C11H22N2O4. The van der Waals surface area contributed by atoms with Crippen molar-refractivity contribution in [1.29, 1.82) is 0 Å². The Labute approximate surface area is 102 Å². The van der Waals surface area contributed by atoms with E-state index in [0.717, 1.165) is 0 Å². The molecule has 4 N–H and O–H groups in total. The summed E-state index contributed by atoms with van der Waals surface area (Å²) in [7, 11) is 0. The van der Waals surface area contributed by atoms with E-state index in [-0.39, 0.29) is 6.42 Å². The van der Waals surface area contributed by atoms with Gasteiger partial charge in [0.05, 0.1) is 6.42 Å². The van der Waals surface area contributed by atoms with Crippen molar-refractivity contribution in [3.05, 3.63) is 0 Å². The summed E-state index contributed by atoms with van der Waals surface area (Å²) in [6.45, 7) is 5.71. The van der Waals surface area contributed by atoms with Crippen LogP contribution in [-0.2, 0) is 9.53 Å². The molecule has 0 rings (SSSR count). The molecular weight excluding hydrogens is 224 g/mol. The number of hydrogen-bond donors (Lipinski definition) is 3. The molecule has 0 aromatic heterocycles. The first-order chi connectivity index (χ1) is 7.74. The van der Waals surface area contributed by atoms with E-state index in [1.54, 1.807) is 20.8 Å². The SMILES string of the molecule is CC(C)(C)OC(=O)N[C@@H](CCCN)CC(=O)O. The van der Waals surface area contributed by atoms with Crippen LogP contribution in [0.3, 0.4) is 0 Å². The van der Waals surface area contributed by atoms with Gasteiger partial charge in [0.1, 0.15) is 5.60 Å². The summed E-state index contributed by atoms with van der Waals surface area (Å²) in [5, 5.41) is 11.2. The molecule has 0 spiro atoms. The normalized spacial score (nSPS) is 12.9. The zero-order valence-electron chi connectivity index (χ0n) is 10.7. The van der Waals surface area contributed by atoms with E-state index in [2.05, 4.69) is 5.32 Å². The topological polar surface area (TPSA) is 102 Å². The maximum atomic E-state index is 11.5. The van der Waals surface area contributed by atoms with Gasteiger partial charge in [0.25, 0.3) is 0 Å². The first-order valence-corrected chi connectivity index (χ1v) is 5.66. The van der Waals surface area contributed by atoms with Crippen molar-refractivity contribution in [3.63, 3.8) is 0 Å². The van der Waals surface area contributed by atoms with E-state index < -0.39 is 23.7 Å². The fourth-order valence-electron chi connectivity index (χ4n) is 1.27. The van der Waals surface area contributed by atoms with Crippen molar-refractivity contribution >= 4 is 12.1 Å². The molecule has 1 amide bonds. The van der Waals surface area contributed by atoms with Crippen LogP contribution in [0, 0.1) is 0 Å². The highest BCUT2D eigenvalue weighted by Gasteiger charge is 2.20. The Kier molecular flexibility index (Phi) is 6.57. The largest absolute Gasteiger partial charge is 0.481 e. The zero-order valence-corrected chi connectivity index (χ0v) is 10.7. The number of alkyl carbamates (subject to hydrolysis) is 1. The Morgan fingerprint density at radius 3 is 2.41 bits per heavy atom. The monoisotopic (exact) mass is 246 g/mol. The second kappa shape index (κ2) is 7.11. The minimum absolute atomic E-state index is 0.126. The molecule has 0 aliphatic rings. The fraction of sp³-hybridized carbons (Fsp3) is 0.818. The molecule has 0 aliphatic heterocycles. The Balaban J connectivity index is 4.21. The molecule has 0 unspecified atom stereocenters. The summed E-state index contributed by atoms with van der Waals surface area (Å²) in [6, 6.07) is -0.439. The van der Waals surface area contributed by atoms with Gasteiger partial charge in [0, 0.05) is 6.04 Å². The summed E-state index contributed by atoms with van der Waals surface area (Å²) in [5.41, 5.74) is 4.76. The number of carboxylic acid groups (broad SMARTS) is 1. The van der Waals surface area contributed by atoms with Crippen LogP contribution in [-0.4, -0.2) is 35.4 Å². The van der Waals surface area contributed by atoms with Gasteiger partial charge in [0.2, 0.25) is 0 Å². The van der Waals surface area contributed by atoms with E-state index in [0.29, 0.717) is 19.4 Å². The van der Waals surface area contributed by atoms with Crippen LogP contribution < -0.4 is 11.1 Å². The van der Waals surface area contributed by atoms with Crippen molar-refractivity contribution in [2.75, 3.05) is 6.54 Å². The number of rotatable bonds is 6. The predicted octanol–water partition coefficient (Wildman–Crippen LogP) is 1.09. The number of carboxylic acids is 1. The molecule has 0 aromatic rings. The van der Waals surface area contributed by atoms with Crippen molar-refractivity contribution < 1.29 is 19.4 Å². The lowest BCUT2D eigenvalue weighted by molar-refractivity contribution is -0.137. The van der Waals surface area contributed by atoms with Crippen molar-refractivity contribution in [1.82, 2.24) is 5.32 Å². The average molecular weight is 246 g/mol. The van der Waals surface area contributed by atoms with Crippen molar-refractivity contribution in [2.45, 2.75) is 51.7 Å². The maximum absolute atomic E-state index is 11.5. The minimum Gasteiger partial charge on any atom is -0.481 e. The number of aliphatic carboxylic acids is 1. The molecule has 6 nitrogen and oxygen atoms in total. The maximum Gasteiger partial charge on any atom is 0.407 e. The summed E-state index contributed by atoms with van der Waals surface area (Å²) in [6.07, 6.45) is 0.468. The Hall–Kier alpha value is -1.30. The third-order valence-corrected chi connectivity index (χ3v) is 1.90. The summed E-state index contributed by atoms with van der Waals surface area (Å²) in [4.78, 5) is 22.1. The molecule has 17 heavy (non-hydrogen) atoms. The lowest BCUT2D eigenvalue weighted by atomic mass is 10.1. The summed E-state index contributed by atoms with van der Waals surface area (Å²) in [5.74, 6) is -0.955. The van der Waals surface area contributed by atoms with Crippen LogP contribution >= 0.6 is 0 Å². The number of nitrogens with two attached hydrogens (primary N) is 1. The molecule has 0 saturated carbocycles. The van der Waals surface area contributed by atoms with E-state index in [4.69, 9.17) is 15.6 Å². The average Bonchev–Trinajstić information content (AvgIpc) is 2.09. The lowest BCUT2D eigenvalue weighted by Crippen LogP contribution is -2.40. The molecule has 0 saturated heterocycles. The molecule has 100 valence electrons. The lowest BCUT2D eigenvalue weighted by Gasteiger charge is -2.22. The van der Waals surface area contributed by atoms with Crippen LogP contribution in [0.4, 0.5) is 4.79 Å². The van der Waals surface area contributed by atoms with Gasteiger partial charge in [-0.2, -0.15) is 0 Å². The van der Waals surface area contributed by atoms with Crippen molar-refractivity contribution in [3.8, 4) is 0 Å². The third kappa shape index (κ3) is 9.62. The third-order valence-electron chi connectivity index (χ3n) is 1.90. The molecule has 1 atom stereocenters. The van der Waals surface area contributed by atoms with E-state index in [1.807, 2.05) is 0 Å². The highest BCUT2D eigenvalue weighted by atomic mass is 16.6. The van der Waals surface area contributed by atoms with Gasteiger partial charge >= 0.3 is 12.1 Å². The first kappa shape index (κ1) is 15.7. The predicted molar refractivity (Wildman–Crippen MR) is 63.7 cm³/mol. The minimum atomic E-state index is -0.955. The molecule has 0 bridgehead atoms. The Morgan fingerprint density at radius 2 is 2.00 bits per heavy atom. The van der Waals surface area contributed by atoms with Gasteiger partial charge in [-0.3, -0.25) is 4.79 Å². The molecule has 0 radical (unpaired) electrons. The van der Waals surface area contributed by atoms with Crippen LogP contribution in [0.15, 0.2) is 0 Å². The van der Waals surface area contributed by atoms with Crippen LogP contribution in [0.25, 0.3) is 0 Å². The number of amides is 1. The number of nitrogens with one attached hydrogen (secondary N) is 1. The van der Waals surface area contributed by atoms with Gasteiger partial charge in [-0.25, -0.2) is 4.79 Å². The van der Waals surface area contributed by atoms with Gasteiger partial charge in [-0.05, 0) is 40.2 Å². The van der Waals surface area contributed by atoms with Gasteiger partial charge in [-0.15, -0.1) is 0 Å². The quantitative estimate of drug-likeness (QED) is 0.651. The Morgan fingerprint density at radius 1 is 1.41 bits per heavy atom. The molecule has 0 heterocycles. The molecule has 0 aliphatic carbocycles. The van der Waals surface area contributed by atoms with Gasteiger partial charge in [0.15, 0.2) is 0 Å². The number of hydrogen-bond acceptors (Lipinski definition) is 4. The summed E-state index contributed by atoms with van der Waals surface area (Å²) >= 11 is 0. The first-order valence-electron chi connectivity index (χ1n) is 5.66. The second-order valence-electron chi connectivity index (χ2n) is 4.87. The number of carbonyl (C=O) groups excluding carboxylic acids is 1. The van der Waals surface area contributed by atoms with Crippen LogP contribution in [0.2, 0.25) is 0 Å². The fourth-order valence-corrected chi connectivity index (χ4v) is 1.27. The van der Waals surface area contributed by atoms with Gasteiger partial charge in [-0.1, -0.05) is 0 Å². The van der Waals surface area contributed by atoms with Crippen LogP contribution in [0.1, 0.15) is 40.0 Å². The number of carbonyl (C=O) groups is 2. The van der Waals surface area contributed by atoms with E-state index in [9.17, 15) is 9.59 Å². The van der Waals surface area contributed by atoms with Crippen molar-refractivity contribution in [2.24, 2.45) is 5.73 Å². The molecule has 6 heteroatoms. The standard InChI is InChI=1S/C11H22N2O4/c1-11(2,3)17-10(16)13-8(5-4-6-12)7-9(14)15/h8H,4-7,12H2,1-3H3,(H,13,16)(H,14,15)/t8-/m0/s1. The smallest absolute Gasteiger partial charge is 0.407 e. The van der Waals surface area contributed by atoms with Gasteiger partial charge < -0.3 is 20.9 Å². The zero-order chi connectivity index (χ0) is 13.5. The highest BCUT2D eigenvalue weighted by molar-refractivity contribution is 5.71.